The summed E-state index contributed by atoms with van der Waals surface area (Å²) in [5.41, 5.74) is 4.50. The van der Waals surface area contributed by atoms with Crippen molar-refractivity contribution >= 4 is 31.5 Å². The molecule has 0 spiro atoms. The summed E-state index contributed by atoms with van der Waals surface area (Å²) in [6.45, 7) is 4.00. The van der Waals surface area contributed by atoms with Gasteiger partial charge in [-0.3, -0.25) is 0 Å². The number of nitrogens with two attached hydrogens (primary N) is 1. The summed E-state index contributed by atoms with van der Waals surface area (Å²) in [6.07, 6.45) is 0. The van der Waals surface area contributed by atoms with Crippen LogP contribution in [0, 0.1) is 0 Å². The zero-order valence-electron chi connectivity index (χ0n) is 10.6. The highest BCUT2D eigenvalue weighted by Gasteiger charge is 2.01. The van der Waals surface area contributed by atoms with Gasteiger partial charge in [-0.2, -0.15) is 0 Å². The minimum absolute atomic E-state index is 1.38. The third-order valence-corrected chi connectivity index (χ3v) is 3.44. The van der Waals surface area contributed by atoms with Gasteiger partial charge >= 0.3 is 0 Å². The standard InChI is InChI=1S/C12H8S.C2H6.CH5N/c1-3-7-11-9(5-1)10-6-2-4-8-12(10)13-11;2*1-2/h1-8H;1-2H3;2H2,1H3. The van der Waals surface area contributed by atoms with Crippen LogP contribution in [0.1, 0.15) is 13.8 Å². The highest BCUT2D eigenvalue weighted by Crippen LogP contribution is 2.32. The zero-order valence-corrected chi connectivity index (χ0v) is 11.4. The van der Waals surface area contributed by atoms with Crippen LogP contribution in [0.15, 0.2) is 48.5 Å². The van der Waals surface area contributed by atoms with Crippen molar-refractivity contribution in [2.75, 3.05) is 7.05 Å². The first-order valence-corrected chi connectivity index (χ1v) is 6.71. The van der Waals surface area contributed by atoms with Crippen LogP contribution in [0.5, 0.6) is 0 Å². The molecule has 1 aromatic heterocycles. The number of hydrogen-bond donors (Lipinski definition) is 1. The number of benzene rings is 2. The Balaban J connectivity index is 0.000000330. The van der Waals surface area contributed by atoms with E-state index in [1.807, 2.05) is 25.2 Å². The van der Waals surface area contributed by atoms with Gasteiger partial charge in [0.2, 0.25) is 0 Å². The first kappa shape index (κ1) is 13.7. The molecule has 0 saturated heterocycles. The van der Waals surface area contributed by atoms with E-state index >= 15 is 0 Å². The summed E-state index contributed by atoms with van der Waals surface area (Å²) in [4.78, 5) is 0. The third-order valence-electron chi connectivity index (χ3n) is 2.28. The molecule has 0 bridgehead atoms. The molecule has 0 unspecified atom stereocenters. The van der Waals surface area contributed by atoms with Gasteiger partial charge in [-0.05, 0) is 19.2 Å². The van der Waals surface area contributed by atoms with Crippen molar-refractivity contribution in [3.05, 3.63) is 48.5 Å². The van der Waals surface area contributed by atoms with E-state index < -0.39 is 0 Å². The van der Waals surface area contributed by atoms with E-state index in [9.17, 15) is 0 Å². The molecule has 0 aliphatic rings. The molecule has 0 saturated carbocycles. The molecule has 2 N–H and O–H groups in total. The molecule has 0 fully saturated rings. The van der Waals surface area contributed by atoms with Crippen molar-refractivity contribution < 1.29 is 0 Å². The smallest absolute Gasteiger partial charge is 0.0355 e. The fourth-order valence-corrected chi connectivity index (χ4v) is 2.78. The van der Waals surface area contributed by atoms with Gasteiger partial charge in [0.1, 0.15) is 0 Å². The van der Waals surface area contributed by atoms with Gasteiger partial charge in [-0.1, -0.05) is 50.2 Å². The average molecular weight is 245 g/mol. The molecule has 2 aromatic carbocycles. The SMILES string of the molecule is CC.CN.c1ccc2c(c1)sc1ccccc12. The molecular weight excluding hydrogens is 226 g/mol. The van der Waals surface area contributed by atoms with Crippen LogP contribution < -0.4 is 5.73 Å². The van der Waals surface area contributed by atoms with Gasteiger partial charge in [0.15, 0.2) is 0 Å². The van der Waals surface area contributed by atoms with E-state index in [1.165, 1.54) is 27.2 Å². The maximum absolute atomic E-state index is 4.50. The van der Waals surface area contributed by atoms with E-state index in [0.29, 0.717) is 0 Å². The molecule has 3 aromatic rings. The van der Waals surface area contributed by atoms with Gasteiger partial charge in [0.25, 0.3) is 0 Å². The second-order valence-electron chi connectivity index (χ2n) is 3.09. The van der Waals surface area contributed by atoms with Gasteiger partial charge in [0.05, 0.1) is 0 Å². The Bertz CT molecular complexity index is 519. The Kier molecular flexibility index (Phi) is 5.67. The van der Waals surface area contributed by atoms with Crippen molar-refractivity contribution in [2.45, 2.75) is 13.8 Å². The minimum Gasteiger partial charge on any atom is -0.333 e. The molecule has 0 radical (unpaired) electrons. The van der Waals surface area contributed by atoms with Crippen molar-refractivity contribution in [1.82, 2.24) is 0 Å². The lowest BCUT2D eigenvalue weighted by Crippen LogP contribution is -1.69. The maximum atomic E-state index is 4.50. The first-order chi connectivity index (χ1) is 8.45. The number of fused-ring (bicyclic) bond motifs is 3. The quantitative estimate of drug-likeness (QED) is 0.612. The molecule has 0 atom stereocenters. The van der Waals surface area contributed by atoms with E-state index in [4.69, 9.17) is 0 Å². The van der Waals surface area contributed by atoms with Gasteiger partial charge in [-0.25, -0.2) is 0 Å². The number of rotatable bonds is 0. The maximum Gasteiger partial charge on any atom is 0.0355 e. The molecule has 90 valence electrons. The minimum atomic E-state index is 1.38. The molecule has 0 amide bonds. The second-order valence-corrected chi connectivity index (χ2v) is 4.18. The summed E-state index contributed by atoms with van der Waals surface area (Å²) in [5, 5.41) is 2.76. The molecule has 3 rings (SSSR count). The topological polar surface area (TPSA) is 26.0 Å². The van der Waals surface area contributed by atoms with Crippen molar-refractivity contribution in [3.8, 4) is 0 Å². The van der Waals surface area contributed by atoms with Gasteiger partial charge in [-0.15, -0.1) is 11.3 Å². The Labute approximate surface area is 107 Å². The molecule has 17 heavy (non-hydrogen) atoms. The zero-order chi connectivity index (χ0) is 12.7. The van der Waals surface area contributed by atoms with Gasteiger partial charge < -0.3 is 5.73 Å². The Morgan fingerprint density at radius 3 is 1.47 bits per heavy atom. The van der Waals surface area contributed by atoms with Gasteiger partial charge in [0, 0.05) is 20.2 Å². The van der Waals surface area contributed by atoms with Crippen molar-refractivity contribution in [3.63, 3.8) is 0 Å². The summed E-state index contributed by atoms with van der Waals surface area (Å²) in [5.74, 6) is 0. The lowest BCUT2D eigenvalue weighted by Gasteiger charge is -1.88. The number of hydrogen-bond acceptors (Lipinski definition) is 2. The Morgan fingerprint density at radius 1 is 0.706 bits per heavy atom. The summed E-state index contributed by atoms with van der Waals surface area (Å²) >= 11 is 1.86. The second kappa shape index (κ2) is 7.05. The van der Waals surface area contributed by atoms with E-state index in [1.54, 1.807) is 0 Å². The lowest BCUT2D eigenvalue weighted by molar-refractivity contribution is 1.48. The number of thiophene rings is 1. The summed E-state index contributed by atoms with van der Waals surface area (Å²) in [7, 11) is 1.50. The van der Waals surface area contributed by atoms with Crippen molar-refractivity contribution in [2.24, 2.45) is 5.73 Å². The molecule has 1 nitrogen and oxygen atoms in total. The molecule has 1 heterocycles. The molecular formula is C15H19NS. The predicted octanol–water partition coefficient (Wildman–Crippen LogP) is 4.66. The highest BCUT2D eigenvalue weighted by atomic mass is 32.1. The van der Waals surface area contributed by atoms with Crippen LogP contribution in [0.25, 0.3) is 20.2 Å². The van der Waals surface area contributed by atoms with Crippen molar-refractivity contribution in [1.29, 1.82) is 0 Å². The Hall–Kier alpha value is -1.38. The van der Waals surface area contributed by atoms with Crippen LogP contribution in [-0.2, 0) is 0 Å². The normalized spacial score (nSPS) is 9.18. The largest absolute Gasteiger partial charge is 0.333 e. The van der Waals surface area contributed by atoms with Crippen LogP contribution >= 0.6 is 11.3 Å². The first-order valence-electron chi connectivity index (χ1n) is 5.89. The summed E-state index contributed by atoms with van der Waals surface area (Å²) in [6, 6.07) is 17.1. The third kappa shape index (κ3) is 2.84. The summed E-state index contributed by atoms with van der Waals surface area (Å²) < 4.78 is 2.76. The van der Waals surface area contributed by atoms with Crippen LogP contribution in [0.4, 0.5) is 0 Å². The van der Waals surface area contributed by atoms with Crippen LogP contribution in [-0.4, -0.2) is 7.05 Å². The lowest BCUT2D eigenvalue weighted by atomic mass is 10.2. The van der Waals surface area contributed by atoms with Crippen LogP contribution in [0.3, 0.4) is 0 Å². The van der Waals surface area contributed by atoms with E-state index in [-0.39, 0.29) is 0 Å². The fraction of sp³-hybridized carbons (Fsp3) is 0.200. The molecule has 0 aliphatic heterocycles. The van der Waals surface area contributed by atoms with E-state index in [0.717, 1.165) is 0 Å². The molecule has 0 aliphatic carbocycles. The van der Waals surface area contributed by atoms with Crippen LogP contribution in [0.2, 0.25) is 0 Å². The van der Waals surface area contributed by atoms with E-state index in [2.05, 4.69) is 54.3 Å². The highest BCUT2D eigenvalue weighted by molar-refractivity contribution is 7.25. The molecule has 2 heteroatoms. The monoisotopic (exact) mass is 245 g/mol. The Morgan fingerprint density at radius 2 is 1.06 bits per heavy atom. The average Bonchev–Trinajstić information content (AvgIpc) is 2.82. The predicted molar refractivity (Wildman–Crippen MR) is 80.8 cm³/mol. The fourth-order valence-electron chi connectivity index (χ4n) is 1.67.